The summed E-state index contributed by atoms with van der Waals surface area (Å²) in [7, 11) is 0. The van der Waals surface area contributed by atoms with Crippen LogP contribution in [-0.4, -0.2) is 4.98 Å². The van der Waals surface area contributed by atoms with Crippen LogP contribution in [0.5, 0.6) is 0 Å². The van der Waals surface area contributed by atoms with Gasteiger partial charge in [-0.25, -0.2) is 9.37 Å². The Balaban J connectivity index is 2.45. The van der Waals surface area contributed by atoms with Crippen molar-refractivity contribution >= 4 is 44.7 Å². The van der Waals surface area contributed by atoms with Gasteiger partial charge in [-0.2, -0.15) is 5.26 Å². The molecular weight excluding hydrogens is 335 g/mol. The molecule has 0 bridgehead atoms. The van der Waals surface area contributed by atoms with E-state index in [4.69, 9.17) is 22.6 Å². The second-order valence-electron chi connectivity index (χ2n) is 3.65. The summed E-state index contributed by atoms with van der Waals surface area (Å²) in [4.78, 5) is 4.02. The van der Waals surface area contributed by atoms with Gasteiger partial charge >= 0.3 is 0 Å². The molecule has 1 aromatic carbocycles. The van der Waals surface area contributed by atoms with Gasteiger partial charge in [-0.1, -0.05) is 11.6 Å². The average Bonchev–Trinajstić information content (AvgIpc) is 2.35. The Morgan fingerprint density at radius 3 is 2.79 bits per heavy atom. The van der Waals surface area contributed by atoms with Gasteiger partial charge in [0.15, 0.2) is 0 Å². The Morgan fingerprint density at radius 2 is 2.16 bits per heavy atom. The predicted octanol–water partition coefficient (Wildman–Crippen LogP) is 3.83. The summed E-state index contributed by atoms with van der Waals surface area (Å²) in [6.07, 6.45) is 1.41. The van der Waals surface area contributed by atoms with Crippen molar-refractivity contribution in [2.45, 2.75) is 0 Å². The van der Waals surface area contributed by atoms with Crippen molar-refractivity contribution in [3.05, 3.63) is 45.3 Å². The van der Waals surface area contributed by atoms with E-state index in [-0.39, 0.29) is 10.6 Å². The van der Waals surface area contributed by atoms with Gasteiger partial charge < -0.3 is 11.1 Å². The number of nitriles is 1. The van der Waals surface area contributed by atoms with Crippen LogP contribution in [0.3, 0.4) is 0 Å². The fourth-order valence-corrected chi connectivity index (χ4v) is 2.34. The van der Waals surface area contributed by atoms with E-state index in [0.29, 0.717) is 21.7 Å². The fourth-order valence-electron chi connectivity index (χ4n) is 1.45. The third-order valence-electron chi connectivity index (χ3n) is 2.28. The van der Waals surface area contributed by atoms with Crippen LogP contribution in [0.15, 0.2) is 28.9 Å². The first kappa shape index (κ1) is 13.6. The highest BCUT2D eigenvalue weighted by Gasteiger charge is 2.11. The monoisotopic (exact) mass is 340 g/mol. The van der Waals surface area contributed by atoms with Crippen LogP contribution >= 0.6 is 27.5 Å². The van der Waals surface area contributed by atoms with E-state index in [1.807, 2.05) is 6.07 Å². The number of hydrogen-bond acceptors (Lipinski definition) is 4. The maximum absolute atomic E-state index is 13.1. The number of anilines is 3. The van der Waals surface area contributed by atoms with Crippen LogP contribution < -0.4 is 11.1 Å². The summed E-state index contributed by atoms with van der Waals surface area (Å²) >= 11 is 9.14. The van der Waals surface area contributed by atoms with Crippen molar-refractivity contribution in [1.82, 2.24) is 4.98 Å². The Labute approximate surface area is 122 Å². The molecule has 4 nitrogen and oxygen atoms in total. The van der Waals surface area contributed by atoms with Gasteiger partial charge in [0.1, 0.15) is 17.7 Å². The molecule has 96 valence electrons. The molecule has 0 spiro atoms. The summed E-state index contributed by atoms with van der Waals surface area (Å²) in [5, 5.41) is 12.1. The number of aromatic nitrogens is 1. The molecule has 2 aromatic rings. The molecule has 0 unspecified atom stereocenters. The van der Waals surface area contributed by atoms with Gasteiger partial charge in [0.2, 0.25) is 0 Å². The van der Waals surface area contributed by atoms with Crippen molar-refractivity contribution in [2.75, 3.05) is 11.1 Å². The smallest absolute Gasteiger partial charge is 0.148 e. The molecule has 0 aliphatic rings. The number of nitrogens with one attached hydrogen (secondary N) is 1. The number of nitrogen functional groups attached to an aromatic ring is 1. The highest BCUT2D eigenvalue weighted by Crippen LogP contribution is 2.34. The average molecular weight is 342 g/mol. The van der Waals surface area contributed by atoms with Crippen LogP contribution in [0.1, 0.15) is 5.56 Å². The maximum Gasteiger partial charge on any atom is 0.148 e. The van der Waals surface area contributed by atoms with Crippen molar-refractivity contribution < 1.29 is 4.39 Å². The van der Waals surface area contributed by atoms with Crippen molar-refractivity contribution in [2.24, 2.45) is 0 Å². The first-order valence-corrected chi connectivity index (χ1v) is 6.25. The summed E-state index contributed by atoms with van der Waals surface area (Å²) in [6.45, 7) is 0. The zero-order valence-corrected chi connectivity index (χ0v) is 11.8. The minimum absolute atomic E-state index is 0.175. The van der Waals surface area contributed by atoms with Gasteiger partial charge in [0.25, 0.3) is 0 Å². The van der Waals surface area contributed by atoms with Crippen molar-refractivity contribution in [3.8, 4) is 6.07 Å². The lowest BCUT2D eigenvalue weighted by atomic mass is 10.2. The number of benzene rings is 1. The van der Waals surface area contributed by atoms with Crippen LogP contribution in [0.2, 0.25) is 5.02 Å². The third kappa shape index (κ3) is 2.95. The molecule has 1 aromatic heterocycles. The third-order valence-corrected chi connectivity index (χ3v) is 3.20. The summed E-state index contributed by atoms with van der Waals surface area (Å²) in [5.74, 6) is -0.167. The summed E-state index contributed by atoms with van der Waals surface area (Å²) < 4.78 is 13.5. The molecule has 3 N–H and O–H groups in total. The molecule has 0 fully saturated rings. The highest BCUT2D eigenvalue weighted by atomic mass is 79.9. The SMILES string of the molecule is N#Cc1cc(N)cnc1Nc1c(Cl)cc(F)cc1Br. The number of pyridine rings is 1. The standard InChI is InChI=1S/C12H7BrClFN4/c13-9-2-7(15)3-10(14)11(9)19-12-6(4-16)1-8(17)5-18-12/h1-3,5H,17H2,(H,18,19). The normalized spacial score (nSPS) is 10.0. The van der Waals surface area contributed by atoms with Gasteiger partial charge in [-0.05, 0) is 34.1 Å². The van der Waals surface area contributed by atoms with Crippen molar-refractivity contribution in [1.29, 1.82) is 5.26 Å². The molecular formula is C12H7BrClFN4. The van der Waals surface area contributed by atoms with E-state index in [2.05, 4.69) is 26.2 Å². The minimum Gasteiger partial charge on any atom is -0.397 e. The quantitative estimate of drug-likeness (QED) is 0.870. The molecule has 2 rings (SSSR count). The van der Waals surface area contributed by atoms with Gasteiger partial charge in [0.05, 0.1) is 28.2 Å². The Morgan fingerprint density at radius 1 is 1.42 bits per heavy atom. The largest absolute Gasteiger partial charge is 0.397 e. The molecule has 0 radical (unpaired) electrons. The number of halogens is 3. The molecule has 0 atom stereocenters. The zero-order chi connectivity index (χ0) is 14.0. The highest BCUT2D eigenvalue weighted by molar-refractivity contribution is 9.10. The predicted molar refractivity (Wildman–Crippen MR) is 75.8 cm³/mol. The van der Waals surface area contributed by atoms with E-state index in [0.717, 1.165) is 6.07 Å². The van der Waals surface area contributed by atoms with Crippen LogP contribution in [0.4, 0.5) is 21.6 Å². The number of rotatable bonds is 2. The lowest BCUT2D eigenvalue weighted by molar-refractivity contribution is 0.627. The molecule has 0 aliphatic heterocycles. The molecule has 19 heavy (non-hydrogen) atoms. The second-order valence-corrected chi connectivity index (χ2v) is 4.91. The molecule has 7 heteroatoms. The van der Waals surface area contributed by atoms with Crippen molar-refractivity contribution in [3.63, 3.8) is 0 Å². The van der Waals surface area contributed by atoms with Crippen LogP contribution in [0.25, 0.3) is 0 Å². The van der Waals surface area contributed by atoms with E-state index >= 15 is 0 Å². The van der Waals surface area contributed by atoms with Gasteiger partial charge in [-0.3, -0.25) is 0 Å². The van der Waals surface area contributed by atoms with E-state index < -0.39 is 5.82 Å². The molecule has 0 saturated heterocycles. The molecule has 0 aliphatic carbocycles. The Kier molecular flexibility index (Phi) is 3.88. The number of nitrogens with two attached hydrogens (primary N) is 1. The molecule has 0 saturated carbocycles. The number of nitrogens with zero attached hydrogens (tertiary/aromatic N) is 2. The Bertz CT molecular complexity index is 661. The second kappa shape index (κ2) is 5.43. The van der Waals surface area contributed by atoms with E-state index in [1.54, 1.807) is 0 Å². The summed E-state index contributed by atoms with van der Waals surface area (Å²) in [5.41, 5.74) is 6.63. The topological polar surface area (TPSA) is 74.7 Å². The fraction of sp³-hybridized carbons (Fsp3) is 0. The van der Waals surface area contributed by atoms with Gasteiger partial charge in [0, 0.05) is 4.47 Å². The zero-order valence-electron chi connectivity index (χ0n) is 9.42. The molecule has 1 heterocycles. The van der Waals surface area contributed by atoms with Gasteiger partial charge in [-0.15, -0.1) is 0 Å². The van der Waals surface area contributed by atoms with Crippen LogP contribution in [0, 0.1) is 17.1 Å². The molecule has 0 amide bonds. The Hall–Kier alpha value is -1.84. The minimum atomic E-state index is -0.465. The maximum atomic E-state index is 13.1. The first-order valence-electron chi connectivity index (χ1n) is 5.08. The summed E-state index contributed by atoms with van der Waals surface area (Å²) in [6, 6.07) is 5.88. The van der Waals surface area contributed by atoms with Crippen LogP contribution in [-0.2, 0) is 0 Å². The van der Waals surface area contributed by atoms with E-state index in [1.165, 1.54) is 18.3 Å². The number of hydrogen-bond donors (Lipinski definition) is 2. The van der Waals surface area contributed by atoms with E-state index in [9.17, 15) is 4.39 Å². The lowest BCUT2D eigenvalue weighted by Crippen LogP contribution is -2.00. The first-order chi connectivity index (χ1) is 9.01. The lowest BCUT2D eigenvalue weighted by Gasteiger charge is -2.11.